The van der Waals surface area contributed by atoms with Crippen molar-refractivity contribution in [2.24, 2.45) is 5.73 Å². The molecule has 13 heavy (non-hydrogen) atoms. The molecule has 0 bridgehead atoms. The highest BCUT2D eigenvalue weighted by molar-refractivity contribution is 5.74. The Morgan fingerprint density at radius 3 is 2.62 bits per heavy atom. The SMILES string of the molecule is Cc1ccc(C(C)C(N)C(=O)O)o1. The van der Waals surface area contributed by atoms with Gasteiger partial charge in [0.25, 0.3) is 0 Å². The number of furan rings is 1. The molecule has 0 fully saturated rings. The zero-order chi connectivity index (χ0) is 10.0. The number of nitrogens with two attached hydrogens (primary N) is 1. The third-order valence-corrected chi connectivity index (χ3v) is 2.03. The summed E-state index contributed by atoms with van der Waals surface area (Å²) in [5, 5.41) is 8.65. The van der Waals surface area contributed by atoms with E-state index in [1.807, 2.05) is 6.92 Å². The van der Waals surface area contributed by atoms with Crippen LogP contribution >= 0.6 is 0 Å². The summed E-state index contributed by atoms with van der Waals surface area (Å²) in [4.78, 5) is 10.6. The topological polar surface area (TPSA) is 76.5 Å². The molecule has 2 atom stereocenters. The lowest BCUT2D eigenvalue weighted by molar-refractivity contribution is -0.139. The Hall–Kier alpha value is -1.29. The van der Waals surface area contributed by atoms with Crippen molar-refractivity contribution in [3.63, 3.8) is 0 Å². The Morgan fingerprint density at radius 1 is 1.62 bits per heavy atom. The fourth-order valence-corrected chi connectivity index (χ4v) is 1.09. The van der Waals surface area contributed by atoms with E-state index >= 15 is 0 Å². The first-order chi connectivity index (χ1) is 6.02. The van der Waals surface area contributed by atoms with Crippen molar-refractivity contribution >= 4 is 5.97 Å². The molecule has 0 aliphatic heterocycles. The van der Waals surface area contributed by atoms with Crippen LogP contribution in [0.15, 0.2) is 16.5 Å². The van der Waals surface area contributed by atoms with Gasteiger partial charge in [0, 0.05) is 5.92 Å². The molecule has 2 unspecified atom stereocenters. The first kappa shape index (κ1) is 9.80. The molecule has 1 heterocycles. The minimum absolute atomic E-state index is 0.300. The maximum atomic E-state index is 10.6. The normalized spacial score (nSPS) is 15.3. The molecule has 0 saturated carbocycles. The Balaban J connectivity index is 2.78. The molecule has 1 aromatic rings. The average molecular weight is 183 g/mol. The van der Waals surface area contributed by atoms with Crippen LogP contribution in [0.3, 0.4) is 0 Å². The molecule has 1 aromatic heterocycles. The van der Waals surface area contributed by atoms with Crippen LogP contribution in [0, 0.1) is 6.92 Å². The number of hydrogen-bond acceptors (Lipinski definition) is 3. The van der Waals surface area contributed by atoms with Crippen molar-refractivity contribution in [2.45, 2.75) is 25.8 Å². The highest BCUT2D eigenvalue weighted by Crippen LogP contribution is 2.20. The molecule has 4 heteroatoms. The van der Waals surface area contributed by atoms with E-state index in [1.54, 1.807) is 19.1 Å². The molecule has 0 aromatic carbocycles. The number of carboxylic acids is 1. The van der Waals surface area contributed by atoms with Gasteiger partial charge < -0.3 is 15.3 Å². The molecule has 0 radical (unpaired) electrons. The molecular weight excluding hydrogens is 170 g/mol. The summed E-state index contributed by atoms with van der Waals surface area (Å²) in [6.45, 7) is 3.54. The zero-order valence-corrected chi connectivity index (χ0v) is 7.65. The van der Waals surface area contributed by atoms with E-state index in [-0.39, 0.29) is 5.92 Å². The van der Waals surface area contributed by atoms with Crippen molar-refractivity contribution in [3.05, 3.63) is 23.7 Å². The number of carbonyl (C=O) groups is 1. The number of hydrogen-bond donors (Lipinski definition) is 2. The number of aliphatic carboxylic acids is 1. The molecule has 3 N–H and O–H groups in total. The fourth-order valence-electron chi connectivity index (χ4n) is 1.09. The van der Waals surface area contributed by atoms with Gasteiger partial charge in [0.1, 0.15) is 17.6 Å². The van der Waals surface area contributed by atoms with Gasteiger partial charge in [-0.2, -0.15) is 0 Å². The van der Waals surface area contributed by atoms with Crippen LogP contribution in [0.1, 0.15) is 24.4 Å². The van der Waals surface area contributed by atoms with Gasteiger partial charge in [-0.05, 0) is 19.1 Å². The monoisotopic (exact) mass is 183 g/mol. The van der Waals surface area contributed by atoms with Crippen LogP contribution < -0.4 is 5.73 Å². The first-order valence-corrected chi connectivity index (χ1v) is 4.07. The Morgan fingerprint density at radius 2 is 2.23 bits per heavy atom. The molecule has 0 amide bonds. The smallest absolute Gasteiger partial charge is 0.321 e. The van der Waals surface area contributed by atoms with Crippen molar-refractivity contribution < 1.29 is 14.3 Å². The van der Waals surface area contributed by atoms with Crippen LogP contribution in [-0.2, 0) is 4.79 Å². The molecular formula is C9H13NO3. The van der Waals surface area contributed by atoms with Gasteiger partial charge in [0.05, 0.1) is 0 Å². The third kappa shape index (κ3) is 2.09. The van der Waals surface area contributed by atoms with Crippen LogP contribution in [-0.4, -0.2) is 17.1 Å². The molecule has 0 aliphatic rings. The fraction of sp³-hybridized carbons (Fsp3) is 0.444. The van der Waals surface area contributed by atoms with Crippen LogP contribution in [0.25, 0.3) is 0 Å². The van der Waals surface area contributed by atoms with Crippen LogP contribution in [0.2, 0.25) is 0 Å². The van der Waals surface area contributed by atoms with E-state index in [9.17, 15) is 4.79 Å². The maximum Gasteiger partial charge on any atom is 0.321 e. The predicted octanol–water partition coefficient (Wildman–Crippen LogP) is 1.10. The molecule has 0 spiro atoms. The third-order valence-electron chi connectivity index (χ3n) is 2.03. The highest BCUT2D eigenvalue weighted by Gasteiger charge is 2.23. The van der Waals surface area contributed by atoms with Crippen molar-refractivity contribution in [1.82, 2.24) is 0 Å². The van der Waals surface area contributed by atoms with Gasteiger partial charge in [-0.15, -0.1) is 0 Å². The second-order valence-electron chi connectivity index (χ2n) is 3.10. The van der Waals surface area contributed by atoms with Crippen LogP contribution in [0.5, 0.6) is 0 Å². The summed E-state index contributed by atoms with van der Waals surface area (Å²) in [6.07, 6.45) is 0. The molecule has 0 saturated heterocycles. The summed E-state index contributed by atoms with van der Waals surface area (Å²) < 4.78 is 5.27. The second kappa shape index (κ2) is 3.62. The van der Waals surface area contributed by atoms with Gasteiger partial charge in [-0.3, -0.25) is 4.79 Å². The quantitative estimate of drug-likeness (QED) is 0.735. The summed E-state index contributed by atoms with van der Waals surface area (Å²) >= 11 is 0. The lowest BCUT2D eigenvalue weighted by Crippen LogP contribution is -2.35. The lowest BCUT2D eigenvalue weighted by Gasteiger charge is -2.12. The molecule has 72 valence electrons. The summed E-state index contributed by atoms with van der Waals surface area (Å²) in [5.41, 5.74) is 5.44. The van der Waals surface area contributed by atoms with Crippen molar-refractivity contribution in [3.8, 4) is 0 Å². The van der Waals surface area contributed by atoms with E-state index < -0.39 is 12.0 Å². The molecule has 0 aliphatic carbocycles. The Kier molecular flexibility index (Phi) is 2.72. The predicted molar refractivity (Wildman–Crippen MR) is 47.5 cm³/mol. The lowest BCUT2D eigenvalue weighted by atomic mass is 10.0. The minimum atomic E-state index is -1.01. The van der Waals surface area contributed by atoms with Gasteiger partial charge in [-0.1, -0.05) is 6.92 Å². The van der Waals surface area contributed by atoms with Crippen LogP contribution in [0.4, 0.5) is 0 Å². The number of aryl methyl sites for hydroxylation is 1. The minimum Gasteiger partial charge on any atom is -0.480 e. The van der Waals surface area contributed by atoms with E-state index in [0.717, 1.165) is 5.76 Å². The van der Waals surface area contributed by atoms with Gasteiger partial charge in [-0.25, -0.2) is 0 Å². The van der Waals surface area contributed by atoms with Gasteiger partial charge in [0.2, 0.25) is 0 Å². The van der Waals surface area contributed by atoms with Crippen molar-refractivity contribution in [2.75, 3.05) is 0 Å². The van der Waals surface area contributed by atoms with Crippen molar-refractivity contribution in [1.29, 1.82) is 0 Å². The van der Waals surface area contributed by atoms with Gasteiger partial charge in [0.15, 0.2) is 0 Å². The average Bonchev–Trinajstić information content (AvgIpc) is 2.49. The first-order valence-electron chi connectivity index (χ1n) is 4.07. The standard InChI is InChI=1S/C9H13NO3/c1-5-3-4-7(13-5)6(2)8(10)9(11)12/h3-4,6,8H,10H2,1-2H3,(H,11,12). The Labute approximate surface area is 76.3 Å². The Bertz CT molecular complexity index is 306. The second-order valence-corrected chi connectivity index (χ2v) is 3.10. The largest absolute Gasteiger partial charge is 0.480 e. The van der Waals surface area contributed by atoms with E-state index in [2.05, 4.69) is 0 Å². The van der Waals surface area contributed by atoms with E-state index in [4.69, 9.17) is 15.3 Å². The maximum absolute atomic E-state index is 10.6. The number of rotatable bonds is 3. The molecule has 4 nitrogen and oxygen atoms in total. The summed E-state index contributed by atoms with van der Waals surface area (Å²) in [7, 11) is 0. The van der Waals surface area contributed by atoms with E-state index in [0.29, 0.717) is 5.76 Å². The highest BCUT2D eigenvalue weighted by atomic mass is 16.4. The molecule has 1 rings (SSSR count). The summed E-state index contributed by atoms with van der Waals surface area (Å²) in [6, 6.07) is 2.63. The number of carboxylic acid groups (broad SMARTS) is 1. The summed E-state index contributed by atoms with van der Waals surface area (Å²) in [5.74, 6) is 0.0691. The van der Waals surface area contributed by atoms with E-state index in [1.165, 1.54) is 0 Å². The van der Waals surface area contributed by atoms with Gasteiger partial charge >= 0.3 is 5.97 Å². The zero-order valence-electron chi connectivity index (χ0n) is 7.65.